The Morgan fingerprint density at radius 3 is 2.74 bits per heavy atom. The summed E-state index contributed by atoms with van der Waals surface area (Å²) in [6, 6.07) is 3.20. The molecule has 1 aliphatic rings. The number of pyridine rings is 2. The molecule has 1 saturated carbocycles. The Morgan fingerprint density at radius 2 is 2.03 bits per heavy atom. The van der Waals surface area contributed by atoms with Crippen LogP contribution in [0, 0.1) is 0 Å². The third-order valence-corrected chi connectivity index (χ3v) is 5.74. The minimum absolute atomic E-state index is 0.327. The molecule has 160 valence electrons. The van der Waals surface area contributed by atoms with E-state index < -0.39 is 0 Å². The minimum atomic E-state index is -0.344. The van der Waals surface area contributed by atoms with Gasteiger partial charge in [-0.05, 0) is 31.9 Å². The van der Waals surface area contributed by atoms with Crippen LogP contribution in [0.25, 0.3) is 21.7 Å². The summed E-state index contributed by atoms with van der Waals surface area (Å²) >= 11 is 1.55. The van der Waals surface area contributed by atoms with Crippen LogP contribution in [0.5, 0.6) is 0 Å². The van der Waals surface area contributed by atoms with Crippen LogP contribution in [-0.4, -0.2) is 45.5 Å². The predicted octanol–water partition coefficient (Wildman–Crippen LogP) is 3.23. The maximum absolute atomic E-state index is 12.3. The number of nitrogens with zero attached hydrogens (tertiary/aromatic N) is 4. The fraction of sp³-hybridized carbons (Fsp3) is 0.286. The first kappa shape index (κ1) is 20.9. The van der Waals surface area contributed by atoms with Crippen LogP contribution in [0.1, 0.15) is 41.7 Å². The lowest BCUT2D eigenvalue weighted by atomic mass is 10.0. The van der Waals surface area contributed by atoms with Gasteiger partial charge in [0.15, 0.2) is 0 Å². The molecule has 3 heterocycles. The van der Waals surface area contributed by atoms with E-state index in [1.54, 1.807) is 35.9 Å². The van der Waals surface area contributed by atoms with Gasteiger partial charge >= 0.3 is 6.03 Å². The van der Waals surface area contributed by atoms with Crippen molar-refractivity contribution in [1.82, 2.24) is 25.3 Å². The van der Waals surface area contributed by atoms with Gasteiger partial charge in [-0.1, -0.05) is 0 Å². The van der Waals surface area contributed by atoms with Gasteiger partial charge in [-0.2, -0.15) is 0 Å². The number of carbonyl (C=O) groups is 2. The molecule has 3 aromatic heterocycles. The average Bonchev–Trinajstić information content (AvgIpc) is 3.50. The summed E-state index contributed by atoms with van der Waals surface area (Å²) in [6.45, 7) is 2.35. The first-order valence-electron chi connectivity index (χ1n) is 9.95. The van der Waals surface area contributed by atoms with Crippen molar-refractivity contribution in [3.8, 4) is 21.7 Å². The SMILES string of the molecule is CCNC(=O)Nc1cc(-c2nc(C3CC3)cs2)c(-c2cncc(C(=O)N(C)N)c2)cn1. The number of aromatic nitrogens is 3. The van der Waals surface area contributed by atoms with E-state index in [0.29, 0.717) is 29.4 Å². The Hall–Kier alpha value is -3.37. The van der Waals surface area contributed by atoms with Gasteiger partial charge in [-0.3, -0.25) is 20.1 Å². The predicted molar refractivity (Wildman–Crippen MR) is 120 cm³/mol. The Balaban J connectivity index is 1.76. The lowest BCUT2D eigenvalue weighted by Crippen LogP contribution is -2.33. The third-order valence-electron chi connectivity index (χ3n) is 4.85. The number of nitrogens with one attached hydrogen (secondary N) is 2. The Morgan fingerprint density at radius 1 is 1.23 bits per heavy atom. The van der Waals surface area contributed by atoms with Gasteiger partial charge in [0, 0.05) is 60.2 Å². The van der Waals surface area contributed by atoms with Crippen LogP contribution in [0.2, 0.25) is 0 Å². The molecular formula is C21H23N7O2S. The van der Waals surface area contributed by atoms with Gasteiger partial charge < -0.3 is 5.32 Å². The van der Waals surface area contributed by atoms with Crippen molar-refractivity contribution < 1.29 is 9.59 Å². The first-order valence-corrected chi connectivity index (χ1v) is 10.8. The number of thiazole rings is 1. The molecule has 4 N–H and O–H groups in total. The maximum Gasteiger partial charge on any atom is 0.320 e. The highest BCUT2D eigenvalue weighted by molar-refractivity contribution is 7.13. The number of amides is 3. The molecule has 31 heavy (non-hydrogen) atoms. The number of rotatable bonds is 6. The van der Waals surface area contributed by atoms with E-state index in [0.717, 1.165) is 39.7 Å². The van der Waals surface area contributed by atoms with Gasteiger partial charge in [0.25, 0.3) is 5.91 Å². The maximum atomic E-state index is 12.3. The number of anilines is 1. The molecule has 0 radical (unpaired) electrons. The number of hydrogen-bond donors (Lipinski definition) is 3. The van der Waals surface area contributed by atoms with Gasteiger partial charge in [-0.25, -0.2) is 20.6 Å². The van der Waals surface area contributed by atoms with E-state index in [1.165, 1.54) is 13.2 Å². The second kappa shape index (κ2) is 8.78. The molecular weight excluding hydrogens is 414 g/mol. The third kappa shape index (κ3) is 4.70. The molecule has 0 saturated heterocycles. The molecule has 1 fully saturated rings. The van der Waals surface area contributed by atoms with Crippen molar-refractivity contribution in [3.63, 3.8) is 0 Å². The van der Waals surface area contributed by atoms with Crippen molar-refractivity contribution in [2.45, 2.75) is 25.7 Å². The van der Waals surface area contributed by atoms with Gasteiger partial charge in [0.1, 0.15) is 10.8 Å². The number of urea groups is 1. The van der Waals surface area contributed by atoms with Crippen molar-refractivity contribution in [2.75, 3.05) is 18.9 Å². The van der Waals surface area contributed by atoms with Crippen LogP contribution in [-0.2, 0) is 0 Å². The van der Waals surface area contributed by atoms with E-state index in [1.807, 2.05) is 6.92 Å². The lowest BCUT2D eigenvalue weighted by molar-refractivity contribution is 0.0794. The van der Waals surface area contributed by atoms with Crippen LogP contribution >= 0.6 is 11.3 Å². The van der Waals surface area contributed by atoms with Crippen LogP contribution in [0.15, 0.2) is 36.1 Å². The highest BCUT2D eigenvalue weighted by Gasteiger charge is 2.27. The highest BCUT2D eigenvalue weighted by Crippen LogP contribution is 2.43. The summed E-state index contributed by atoms with van der Waals surface area (Å²) in [6.07, 6.45) is 7.13. The zero-order valence-electron chi connectivity index (χ0n) is 17.3. The van der Waals surface area contributed by atoms with Gasteiger partial charge in [0.2, 0.25) is 0 Å². The van der Waals surface area contributed by atoms with E-state index in [-0.39, 0.29) is 11.9 Å². The van der Waals surface area contributed by atoms with Crippen molar-refractivity contribution in [1.29, 1.82) is 0 Å². The number of hydrogen-bond acceptors (Lipinski definition) is 7. The molecule has 0 aromatic carbocycles. The second-order valence-corrected chi connectivity index (χ2v) is 8.19. The van der Waals surface area contributed by atoms with E-state index in [9.17, 15) is 9.59 Å². The molecule has 4 rings (SSSR count). The Labute approximate surface area is 183 Å². The smallest absolute Gasteiger partial charge is 0.320 e. The number of nitrogens with two attached hydrogens (primary N) is 1. The molecule has 1 aliphatic carbocycles. The average molecular weight is 438 g/mol. The monoisotopic (exact) mass is 437 g/mol. The minimum Gasteiger partial charge on any atom is -0.338 e. The zero-order chi connectivity index (χ0) is 22.0. The van der Waals surface area contributed by atoms with E-state index in [2.05, 4.69) is 26.0 Å². The van der Waals surface area contributed by atoms with Gasteiger partial charge in [0.05, 0.1) is 11.3 Å². The van der Waals surface area contributed by atoms with Crippen molar-refractivity contribution in [2.24, 2.45) is 5.84 Å². The first-order chi connectivity index (χ1) is 15.0. The van der Waals surface area contributed by atoms with Crippen molar-refractivity contribution >= 4 is 29.1 Å². The molecule has 0 unspecified atom stereocenters. The van der Waals surface area contributed by atoms with Gasteiger partial charge in [-0.15, -0.1) is 11.3 Å². The molecule has 3 aromatic rings. The summed E-state index contributed by atoms with van der Waals surface area (Å²) in [5, 5.41) is 9.35. The quantitative estimate of drug-likeness (QED) is 0.309. The second-order valence-electron chi connectivity index (χ2n) is 7.33. The summed E-state index contributed by atoms with van der Waals surface area (Å²) < 4.78 is 0. The van der Waals surface area contributed by atoms with Crippen LogP contribution < -0.4 is 16.5 Å². The zero-order valence-corrected chi connectivity index (χ0v) is 18.1. The van der Waals surface area contributed by atoms with Crippen molar-refractivity contribution in [3.05, 3.63) is 47.4 Å². The van der Waals surface area contributed by atoms with E-state index in [4.69, 9.17) is 10.8 Å². The molecule has 0 spiro atoms. The lowest BCUT2D eigenvalue weighted by Gasteiger charge is -2.13. The standard InChI is InChI=1S/C21H23N7O2S/c1-3-24-21(30)27-18-7-15(19-26-17(11-31-19)12-4-5-12)16(10-25-18)13-6-14(9-23-8-13)20(29)28(2)22/h6-12H,3-5,22H2,1-2H3,(H2,24,25,27,30). The number of carbonyl (C=O) groups excluding carboxylic acids is 2. The summed E-state index contributed by atoms with van der Waals surface area (Å²) in [5.41, 5.74) is 3.75. The Kier molecular flexibility index (Phi) is 5.92. The van der Waals surface area contributed by atoms with E-state index >= 15 is 0 Å². The largest absolute Gasteiger partial charge is 0.338 e. The molecule has 9 nitrogen and oxygen atoms in total. The fourth-order valence-electron chi connectivity index (χ4n) is 3.14. The summed E-state index contributed by atoms with van der Waals surface area (Å²) in [4.78, 5) is 37.7. The van der Waals surface area contributed by atoms with Crippen LogP contribution in [0.4, 0.5) is 10.6 Å². The molecule has 3 amide bonds. The number of hydrazine groups is 1. The normalized spacial score (nSPS) is 13.0. The summed E-state index contributed by atoms with van der Waals surface area (Å²) in [7, 11) is 1.48. The topological polar surface area (TPSA) is 126 Å². The highest BCUT2D eigenvalue weighted by atomic mass is 32.1. The molecule has 10 heteroatoms. The molecule has 0 aliphatic heterocycles. The fourth-order valence-corrected chi connectivity index (χ4v) is 4.07. The Bertz CT molecular complexity index is 1120. The summed E-state index contributed by atoms with van der Waals surface area (Å²) in [5.74, 6) is 6.20. The molecule has 0 atom stereocenters. The van der Waals surface area contributed by atoms with Crippen LogP contribution in [0.3, 0.4) is 0 Å². The molecule has 0 bridgehead atoms.